The van der Waals surface area contributed by atoms with Crippen molar-refractivity contribution in [1.82, 2.24) is 10.2 Å². The molecule has 1 aliphatic carbocycles. The molecule has 0 aliphatic heterocycles. The van der Waals surface area contributed by atoms with Crippen LogP contribution in [0.1, 0.15) is 32.6 Å². The zero-order chi connectivity index (χ0) is 11.7. The summed E-state index contributed by atoms with van der Waals surface area (Å²) in [5, 5.41) is 12.0. The van der Waals surface area contributed by atoms with Gasteiger partial charge in [-0.05, 0) is 30.9 Å². The molecular weight excluding hydrogens is 210 g/mol. The highest BCUT2D eigenvalue weighted by Crippen LogP contribution is 2.32. The number of rotatable bonds is 3. The van der Waals surface area contributed by atoms with Crippen molar-refractivity contribution in [2.75, 3.05) is 5.32 Å². The molecule has 2 atom stereocenters. The van der Waals surface area contributed by atoms with E-state index in [0.29, 0.717) is 6.04 Å². The lowest BCUT2D eigenvalue weighted by Crippen LogP contribution is -2.23. The molecule has 3 rings (SSSR count). The van der Waals surface area contributed by atoms with E-state index in [0.717, 1.165) is 11.4 Å². The highest BCUT2D eigenvalue weighted by Gasteiger charge is 2.25. The zero-order valence-electron chi connectivity index (χ0n) is 10.2. The Bertz CT molecular complexity index is 503. The number of aromatic nitrogens is 2. The van der Waals surface area contributed by atoms with E-state index in [9.17, 15) is 0 Å². The molecule has 2 aromatic rings. The molecule has 0 bridgehead atoms. The van der Waals surface area contributed by atoms with E-state index < -0.39 is 0 Å². The Labute approximate surface area is 102 Å². The van der Waals surface area contributed by atoms with Crippen LogP contribution in [0.15, 0.2) is 24.4 Å². The van der Waals surface area contributed by atoms with E-state index in [1.165, 1.54) is 36.8 Å². The Morgan fingerprint density at radius 1 is 1.41 bits per heavy atom. The lowest BCUT2D eigenvalue weighted by Gasteiger charge is -2.21. The molecule has 17 heavy (non-hydrogen) atoms. The number of nitrogens with one attached hydrogen (secondary N) is 2. The molecule has 1 saturated carbocycles. The number of anilines is 1. The molecular formula is C14H19N3. The minimum Gasteiger partial charge on any atom is -0.381 e. The third-order valence-electron chi connectivity index (χ3n) is 4.01. The molecule has 0 saturated heterocycles. The summed E-state index contributed by atoms with van der Waals surface area (Å²) in [5.74, 6) is 0.831. The van der Waals surface area contributed by atoms with Crippen LogP contribution in [0.5, 0.6) is 0 Å². The van der Waals surface area contributed by atoms with E-state index >= 15 is 0 Å². The van der Waals surface area contributed by atoms with Crippen LogP contribution in [0.3, 0.4) is 0 Å². The lowest BCUT2D eigenvalue weighted by atomic mass is 10.0. The summed E-state index contributed by atoms with van der Waals surface area (Å²) < 4.78 is 0. The van der Waals surface area contributed by atoms with E-state index in [4.69, 9.17) is 0 Å². The number of aromatic amines is 1. The van der Waals surface area contributed by atoms with Crippen LogP contribution in [0.25, 0.3) is 10.9 Å². The first-order chi connectivity index (χ1) is 8.38. The van der Waals surface area contributed by atoms with Gasteiger partial charge in [0.2, 0.25) is 0 Å². The molecule has 0 radical (unpaired) electrons. The fourth-order valence-electron chi connectivity index (χ4n) is 3.01. The van der Waals surface area contributed by atoms with Gasteiger partial charge in [0.25, 0.3) is 0 Å². The average Bonchev–Trinajstić information content (AvgIpc) is 2.97. The minimum absolute atomic E-state index is 0.639. The predicted molar refractivity (Wildman–Crippen MR) is 71.1 cm³/mol. The largest absolute Gasteiger partial charge is 0.381 e. The first-order valence-electron chi connectivity index (χ1n) is 6.57. The van der Waals surface area contributed by atoms with Crippen LogP contribution < -0.4 is 5.32 Å². The molecule has 1 fully saturated rings. The van der Waals surface area contributed by atoms with Crippen LogP contribution in [-0.4, -0.2) is 16.2 Å². The topological polar surface area (TPSA) is 40.7 Å². The van der Waals surface area contributed by atoms with Gasteiger partial charge in [0.05, 0.1) is 11.7 Å². The number of H-pyrrole nitrogens is 1. The normalized spacial score (nSPS) is 24.3. The van der Waals surface area contributed by atoms with Crippen molar-refractivity contribution in [3.05, 3.63) is 24.4 Å². The predicted octanol–water partition coefficient (Wildman–Crippen LogP) is 3.55. The smallest absolute Gasteiger partial charge is 0.0671 e. The molecule has 3 nitrogen and oxygen atoms in total. The Kier molecular flexibility index (Phi) is 2.75. The Hall–Kier alpha value is -1.51. The SMILES string of the molecule is CCC1CCCC1Nc1cccc2[nH]ncc12. The Morgan fingerprint density at radius 3 is 3.24 bits per heavy atom. The second-order valence-corrected chi connectivity index (χ2v) is 4.99. The fourth-order valence-corrected chi connectivity index (χ4v) is 3.01. The summed E-state index contributed by atoms with van der Waals surface area (Å²) in [5.41, 5.74) is 2.34. The summed E-state index contributed by atoms with van der Waals surface area (Å²) in [6, 6.07) is 6.95. The maximum absolute atomic E-state index is 4.11. The maximum atomic E-state index is 4.11. The first kappa shape index (κ1) is 10.6. The van der Waals surface area contributed by atoms with Crippen molar-refractivity contribution in [2.45, 2.75) is 38.6 Å². The van der Waals surface area contributed by atoms with Crippen molar-refractivity contribution in [1.29, 1.82) is 0 Å². The lowest BCUT2D eigenvalue weighted by molar-refractivity contribution is 0.489. The quantitative estimate of drug-likeness (QED) is 0.845. The van der Waals surface area contributed by atoms with Crippen molar-refractivity contribution in [3.63, 3.8) is 0 Å². The molecule has 0 amide bonds. The van der Waals surface area contributed by atoms with Crippen molar-refractivity contribution < 1.29 is 0 Å². The molecule has 1 aromatic carbocycles. The van der Waals surface area contributed by atoms with Crippen molar-refractivity contribution in [3.8, 4) is 0 Å². The number of nitrogens with zero attached hydrogens (tertiary/aromatic N) is 1. The van der Waals surface area contributed by atoms with Gasteiger partial charge >= 0.3 is 0 Å². The van der Waals surface area contributed by atoms with Gasteiger partial charge in [0, 0.05) is 17.1 Å². The monoisotopic (exact) mass is 229 g/mol. The van der Waals surface area contributed by atoms with Crippen LogP contribution in [0.4, 0.5) is 5.69 Å². The van der Waals surface area contributed by atoms with E-state index in [-0.39, 0.29) is 0 Å². The summed E-state index contributed by atoms with van der Waals surface area (Å²) in [4.78, 5) is 0. The molecule has 3 heteroatoms. The second-order valence-electron chi connectivity index (χ2n) is 4.99. The summed E-state index contributed by atoms with van der Waals surface area (Å²) in [6.45, 7) is 2.29. The van der Waals surface area contributed by atoms with Gasteiger partial charge < -0.3 is 5.32 Å². The number of hydrogen-bond donors (Lipinski definition) is 2. The summed E-state index contributed by atoms with van der Waals surface area (Å²) >= 11 is 0. The third-order valence-corrected chi connectivity index (χ3v) is 4.01. The highest BCUT2D eigenvalue weighted by atomic mass is 15.1. The third kappa shape index (κ3) is 1.90. The van der Waals surface area contributed by atoms with Crippen LogP contribution >= 0.6 is 0 Å². The molecule has 1 heterocycles. The Balaban J connectivity index is 1.87. The van der Waals surface area contributed by atoms with Gasteiger partial charge in [-0.15, -0.1) is 0 Å². The highest BCUT2D eigenvalue weighted by molar-refractivity contribution is 5.90. The molecule has 1 aromatic heterocycles. The Morgan fingerprint density at radius 2 is 2.35 bits per heavy atom. The van der Waals surface area contributed by atoms with E-state index in [1.807, 2.05) is 6.20 Å². The van der Waals surface area contributed by atoms with Gasteiger partial charge in [-0.3, -0.25) is 5.10 Å². The van der Waals surface area contributed by atoms with Crippen molar-refractivity contribution in [2.24, 2.45) is 5.92 Å². The first-order valence-corrected chi connectivity index (χ1v) is 6.57. The maximum Gasteiger partial charge on any atom is 0.0671 e. The van der Waals surface area contributed by atoms with E-state index in [1.54, 1.807) is 0 Å². The summed E-state index contributed by atoms with van der Waals surface area (Å²) in [7, 11) is 0. The van der Waals surface area contributed by atoms with Gasteiger partial charge in [-0.25, -0.2) is 0 Å². The molecule has 2 unspecified atom stereocenters. The molecule has 2 N–H and O–H groups in total. The minimum atomic E-state index is 0.639. The van der Waals surface area contributed by atoms with Gasteiger partial charge in [-0.2, -0.15) is 5.10 Å². The van der Waals surface area contributed by atoms with Crippen LogP contribution in [-0.2, 0) is 0 Å². The van der Waals surface area contributed by atoms with E-state index in [2.05, 4.69) is 40.6 Å². The molecule has 90 valence electrons. The molecule has 0 spiro atoms. The number of fused-ring (bicyclic) bond motifs is 1. The number of hydrogen-bond acceptors (Lipinski definition) is 2. The molecule has 1 aliphatic rings. The average molecular weight is 229 g/mol. The van der Waals surface area contributed by atoms with Gasteiger partial charge in [-0.1, -0.05) is 25.8 Å². The van der Waals surface area contributed by atoms with Gasteiger partial charge in [0.1, 0.15) is 0 Å². The second kappa shape index (κ2) is 4.40. The summed E-state index contributed by atoms with van der Waals surface area (Å²) in [6.07, 6.45) is 7.21. The van der Waals surface area contributed by atoms with Crippen LogP contribution in [0.2, 0.25) is 0 Å². The van der Waals surface area contributed by atoms with Crippen LogP contribution in [0, 0.1) is 5.92 Å². The number of benzene rings is 1. The zero-order valence-corrected chi connectivity index (χ0v) is 10.2. The standard InChI is InChI=1S/C14H19N3/c1-2-10-5-3-6-12(10)16-13-7-4-8-14-11(13)9-15-17-14/h4,7-10,12,16H,2-3,5-6H2,1H3,(H,15,17). The van der Waals surface area contributed by atoms with Gasteiger partial charge in [0.15, 0.2) is 0 Å². The fraction of sp³-hybridized carbons (Fsp3) is 0.500. The van der Waals surface area contributed by atoms with Crippen molar-refractivity contribution >= 4 is 16.6 Å².